The molecule has 21 heavy (non-hydrogen) atoms. The van der Waals surface area contributed by atoms with Gasteiger partial charge in [-0.2, -0.15) is 0 Å². The molecule has 1 amide bonds. The minimum absolute atomic E-state index is 0. The van der Waals surface area contributed by atoms with Crippen LogP contribution in [0.5, 0.6) is 0 Å². The van der Waals surface area contributed by atoms with Crippen molar-refractivity contribution >= 4 is 47.5 Å². The van der Waals surface area contributed by atoms with Gasteiger partial charge in [0.15, 0.2) is 11.5 Å². The Morgan fingerprint density at radius 2 is 2.29 bits per heavy atom. The summed E-state index contributed by atoms with van der Waals surface area (Å²) in [5.74, 6) is 0.670. The number of oxazole rings is 1. The summed E-state index contributed by atoms with van der Waals surface area (Å²) >= 11 is 0. The number of benzene rings is 1. The number of halogens is 2. The van der Waals surface area contributed by atoms with Crippen molar-refractivity contribution in [3.63, 3.8) is 0 Å². The molecule has 1 aromatic carbocycles. The van der Waals surface area contributed by atoms with E-state index in [1.807, 2.05) is 25.1 Å². The molecule has 5 nitrogen and oxygen atoms in total. The topological polar surface area (TPSA) is 67.2 Å². The fourth-order valence-corrected chi connectivity index (χ4v) is 2.48. The first-order chi connectivity index (χ1) is 9.20. The summed E-state index contributed by atoms with van der Waals surface area (Å²) in [4.78, 5) is 16.1. The van der Waals surface area contributed by atoms with Gasteiger partial charge in [0.25, 0.3) is 0 Å². The Bertz CT molecular complexity index is 609. The van der Waals surface area contributed by atoms with E-state index < -0.39 is 0 Å². The van der Waals surface area contributed by atoms with Crippen molar-refractivity contribution < 1.29 is 9.21 Å². The molecule has 1 aliphatic rings. The minimum Gasteiger partial charge on any atom is -0.441 e. The van der Waals surface area contributed by atoms with Crippen LogP contribution < -0.4 is 10.6 Å². The number of rotatable bonds is 3. The van der Waals surface area contributed by atoms with Crippen molar-refractivity contribution in [3.05, 3.63) is 24.1 Å². The van der Waals surface area contributed by atoms with E-state index in [-0.39, 0.29) is 30.7 Å². The summed E-state index contributed by atoms with van der Waals surface area (Å²) in [6, 6.07) is 5.84. The zero-order valence-corrected chi connectivity index (χ0v) is 13.4. The molecule has 116 valence electrons. The lowest BCUT2D eigenvalue weighted by Crippen LogP contribution is -2.27. The molecule has 2 N–H and O–H groups in total. The van der Waals surface area contributed by atoms with Crippen molar-refractivity contribution in [2.45, 2.75) is 32.2 Å². The van der Waals surface area contributed by atoms with Crippen LogP contribution >= 0.6 is 24.8 Å². The Labute approximate surface area is 135 Å². The summed E-state index contributed by atoms with van der Waals surface area (Å²) in [6.45, 7) is 2.82. The van der Waals surface area contributed by atoms with Gasteiger partial charge in [-0.05, 0) is 31.5 Å². The van der Waals surface area contributed by atoms with Crippen molar-refractivity contribution in [1.29, 1.82) is 0 Å². The van der Waals surface area contributed by atoms with Gasteiger partial charge >= 0.3 is 0 Å². The molecule has 2 heterocycles. The normalized spacial score (nSPS) is 17.1. The number of aryl methyl sites for hydroxylation is 1. The molecule has 1 atom stereocenters. The molecule has 0 radical (unpaired) electrons. The number of aromatic nitrogens is 1. The maximum Gasteiger partial charge on any atom is 0.225 e. The van der Waals surface area contributed by atoms with E-state index in [4.69, 9.17) is 4.42 Å². The summed E-state index contributed by atoms with van der Waals surface area (Å²) in [5, 5.41) is 6.22. The average molecular weight is 332 g/mol. The molecule has 1 unspecified atom stereocenters. The fourth-order valence-electron chi connectivity index (χ4n) is 2.48. The monoisotopic (exact) mass is 331 g/mol. The van der Waals surface area contributed by atoms with E-state index >= 15 is 0 Å². The second-order valence-electron chi connectivity index (χ2n) is 4.96. The SMILES string of the molecule is Cc1nc2ccc(NC(=O)CC3CCCN3)cc2o1.Cl.Cl. The van der Waals surface area contributed by atoms with Crippen LogP contribution in [-0.4, -0.2) is 23.5 Å². The number of fused-ring (bicyclic) bond motifs is 1. The third-order valence-corrected chi connectivity index (χ3v) is 3.37. The van der Waals surface area contributed by atoms with Crippen LogP contribution in [0.3, 0.4) is 0 Å². The van der Waals surface area contributed by atoms with Gasteiger partial charge in [0, 0.05) is 31.1 Å². The van der Waals surface area contributed by atoms with Crippen LogP contribution in [0.4, 0.5) is 5.69 Å². The maximum atomic E-state index is 11.9. The predicted octanol–water partition coefficient (Wildman–Crippen LogP) is 3.06. The van der Waals surface area contributed by atoms with Gasteiger partial charge in [0.05, 0.1) is 0 Å². The highest BCUT2D eigenvalue weighted by Crippen LogP contribution is 2.20. The highest BCUT2D eigenvalue weighted by molar-refractivity contribution is 5.93. The first-order valence-electron chi connectivity index (χ1n) is 6.61. The van der Waals surface area contributed by atoms with E-state index in [2.05, 4.69) is 15.6 Å². The number of amides is 1. The van der Waals surface area contributed by atoms with Crippen LogP contribution in [0.15, 0.2) is 22.6 Å². The zero-order chi connectivity index (χ0) is 13.2. The van der Waals surface area contributed by atoms with Crippen LogP contribution in [0, 0.1) is 6.92 Å². The number of hydrogen-bond acceptors (Lipinski definition) is 4. The van der Waals surface area contributed by atoms with Crippen LogP contribution in [-0.2, 0) is 4.79 Å². The lowest BCUT2D eigenvalue weighted by molar-refractivity contribution is -0.116. The lowest BCUT2D eigenvalue weighted by Gasteiger charge is -2.10. The Balaban J connectivity index is 0.00000110. The highest BCUT2D eigenvalue weighted by atomic mass is 35.5. The Kier molecular flexibility index (Phi) is 6.45. The summed E-state index contributed by atoms with van der Waals surface area (Å²) in [7, 11) is 0. The van der Waals surface area contributed by atoms with E-state index in [9.17, 15) is 4.79 Å². The number of nitrogens with one attached hydrogen (secondary N) is 2. The van der Waals surface area contributed by atoms with Crippen LogP contribution in [0.25, 0.3) is 11.1 Å². The standard InChI is InChI=1S/C14H17N3O2.2ClH/c1-9-16-12-5-4-11(7-13(12)19-9)17-14(18)8-10-3-2-6-15-10;;/h4-5,7,10,15H,2-3,6,8H2,1H3,(H,17,18);2*1H. The molecular weight excluding hydrogens is 313 g/mol. The van der Waals surface area contributed by atoms with Gasteiger partial charge in [0.1, 0.15) is 5.52 Å². The van der Waals surface area contributed by atoms with Gasteiger partial charge < -0.3 is 15.1 Å². The smallest absolute Gasteiger partial charge is 0.225 e. The van der Waals surface area contributed by atoms with Crippen LogP contribution in [0.2, 0.25) is 0 Å². The minimum atomic E-state index is 0. The van der Waals surface area contributed by atoms with Gasteiger partial charge in [0.2, 0.25) is 5.91 Å². The second kappa shape index (κ2) is 7.64. The van der Waals surface area contributed by atoms with E-state index in [0.29, 0.717) is 23.9 Å². The predicted molar refractivity (Wildman–Crippen MR) is 87.5 cm³/mol. The molecule has 7 heteroatoms. The molecule has 1 saturated heterocycles. The number of hydrogen-bond donors (Lipinski definition) is 2. The third-order valence-electron chi connectivity index (χ3n) is 3.37. The number of carbonyl (C=O) groups is 1. The van der Waals surface area contributed by atoms with E-state index in [1.165, 1.54) is 0 Å². The summed E-state index contributed by atoms with van der Waals surface area (Å²) in [5.41, 5.74) is 2.27. The molecule has 1 aliphatic heterocycles. The molecular formula is C14H19Cl2N3O2. The zero-order valence-electron chi connectivity index (χ0n) is 11.7. The Morgan fingerprint density at radius 1 is 1.48 bits per heavy atom. The molecule has 1 aromatic heterocycles. The summed E-state index contributed by atoms with van der Waals surface area (Å²) < 4.78 is 5.45. The lowest BCUT2D eigenvalue weighted by atomic mass is 10.1. The van der Waals surface area contributed by atoms with Crippen molar-refractivity contribution in [2.75, 3.05) is 11.9 Å². The second-order valence-corrected chi connectivity index (χ2v) is 4.96. The van der Waals surface area contributed by atoms with Crippen LogP contribution in [0.1, 0.15) is 25.2 Å². The van der Waals surface area contributed by atoms with Crippen molar-refractivity contribution in [3.8, 4) is 0 Å². The average Bonchev–Trinajstić information content (AvgIpc) is 2.96. The first-order valence-corrected chi connectivity index (χ1v) is 6.61. The quantitative estimate of drug-likeness (QED) is 0.906. The molecule has 0 aliphatic carbocycles. The van der Waals surface area contributed by atoms with Gasteiger partial charge in [-0.25, -0.2) is 4.98 Å². The molecule has 0 spiro atoms. The fraction of sp³-hybridized carbons (Fsp3) is 0.429. The van der Waals surface area contributed by atoms with Gasteiger partial charge in [-0.1, -0.05) is 0 Å². The van der Waals surface area contributed by atoms with Crippen molar-refractivity contribution in [1.82, 2.24) is 10.3 Å². The maximum absolute atomic E-state index is 11.9. The van der Waals surface area contributed by atoms with E-state index in [0.717, 1.165) is 30.6 Å². The molecule has 1 fully saturated rings. The summed E-state index contributed by atoms with van der Waals surface area (Å²) in [6.07, 6.45) is 2.75. The molecule has 3 rings (SSSR count). The molecule has 0 saturated carbocycles. The molecule has 2 aromatic rings. The van der Waals surface area contributed by atoms with Crippen molar-refractivity contribution in [2.24, 2.45) is 0 Å². The number of anilines is 1. The third kappa shape index (κ3) is 4.33. The largest absolute Gasteiger partial charge is 0.441 e. The highest BCUT2D eigenvalue weighted by Gasteiger charge is 2.17. The van der Waals surface area contributed by atoms with Gasteiger partial charge in [-0.3, -0.25) is 4.79 Å². The Hall–Kier alpha value is -1.30. The number of nitrogens with zero attached hydrogens (tertiary/aromatic N) is 1. The van der Waals surface area contributed by atoms with Gasteiger partial charge in [-0.15, -0.1) is 24.8 Å². The molecule has 0 bridgehead atoms. The Morgan fingerprint density at radius 3 is 3.00 bits per heavy atom. The first kappa shape index (κ1) is 17.8. The number of carbonyl (C=O) groups excluding carboxylic acids is 1. The van der Waals surface area contributed by atoms with E-state index in [1.54, 1.807) is 0 Å².